The largest absolute Gasteiger partial charge is 0.416 e. The number of hydrogen-bond acceptors (Lipinski definition) is 1. The smallest absolute Gasteiger partial charge is 0.294 e. The SMILES string of the molecule is O=C(CCCCBr)c1cc(C(F)(F)F)ccc1Cl. The maximum Gasteiger partial charge on any atom is 0.416 e. The lowest BCUT2D eigenvalue weighted by molar-refractivity contribution is -0.137. The second-order valence-electron chi connectivity index (χ2n) is 3.76. The number of benzene rings is 1. The minimum absolute atomic E-state index is 0.0546. The predicted octanol–water partition coefficient (Wildman–Crippen LogP) is 5.11. The molecule has 0 saturated carbocycles. The predicted molar refractivity (Wildman–Crippen MR) is 68.4 cm³/mol. The van der Waals surface area contributed by atoms with Crippen LogP contribution in [0.1, 0.15) is 35.2 Å². The maximum atomic E-state index is 12.5. The minimum Gasteiger partial charge on any atom is -0.294 e. The van der Waals surface area contributed by atoms with Gasteiger partial charge in [0.25, 0.3) is 0 Å². The van der Waals surface area contributed by atoms with Crippen LogP contribution in [0.25, 0.3) is 0 Å². The van der Waals surface area contributed by atoms with Gasteiger partial charge in [0.15, 0.2) is 5.78 Å². The third-order valence-corrected chi connectivity index (χ3v) is 3.27. The lowest BCUT2D eigenvalue weighted by Gasteiger charge is -2.09. The van der Waals surface area contributed by atoms with Crippen molar-refractivity contribution in [2.75, 3.05) is 5.33 Å². The number of carbonyl (C=O) groups is 1. The molecule has 18 heavy (non-hydrogen) atoms. The summed E-state index contributed by atoms with van der Waals surface area (Å²) in [5.74, 6) is -0.355. The van der Waals surface area contributed by atoms with E-state index in [0.717, 1.165) is 30.0 Å². The highest BCUT2D eigenvalue weighted by Crippen LogP contribution is 2.32. The summed E-state index contributed by atoms with van der Waals surface area (Å²) in [5, 5.41) is 0.822. The molecule has 1 rings (SSSR count). The van der Waals surface area contributed by atoms with Crippen molar-refractivity contribution in [2.45, 2.75) is 25.4 Å². The van der Waals surface area contributed by atoms with Gasteiger partial charge in [-0.15, -0.1) is 0 Å². The van der Waals surface area contributed by atoms with E-state index in [1.807, 2.05) is 0 Å². The van der Waals surface area contributed by atoms with Gasteiger partial charge in [-0.2, -0.15) is 13.2 Å². The van der Waals surface area contributed by atoms with Crippen molar-refractivity contribution in [2.24, 2.45) is 0 Å². The molecule has 1 aromatic carbocycles. The molecule has 0 spiro atoms. The lowest BCUT2D eigenvalue weighted by Crippen LogP contribution is -2.08. The van der Waals surface area contributed by atoms with E-state index in [9.17, 15) is 18.0 Å². The van der Waals surface area contributed by atoms with Gasteiger partial charge in [-0.1, -0.05) is 27.5 Å². The standard InChI is InChI=1S/C12H11BrClF3O/c13-6-2-1-3-11(18)9-7-8(12(15,16)17)4-5-10(9)14/h4-5,7H,1-3,6H2. The zero-order valence-corrected chi connectivity index (χ0v) is 11.7. The van der Waals surface area contributed by atoms with E-state index in [1.165, 1.54) is 0 Å². The molecule has 0 aromatic heterocycles. The second-order valence-corrected chi connectivity index (χ2v) is 4.96. The number of Topliss-reactive ketones (excluding diaryl/α,β-unsaturated/α-hetero) is 1. The van der Waals surface area contributed by atoms with E-state index in [-0.39, 0.29) is 22.8 Å². The summed E-state index contributed by atoms with van der Waals surface area (Å²) in [6, 6.07) is 2.80. The molecule has 0 unspecified atom stereocenters. The van der Waals surface area contributed by atoms with E-state index in [4.69, 9.17) is 11.6 Å². The van der Waals surface area contributed by atoms with Crippen LogP contribution in [0.5, 0.6) is 0 Å². The summed E-state index contributed by atoms with van der Waals surface area (Å²) >= 11 is 8.98. The Morgan fingerprint density at radius 1 is 1.28 bits per heavy atom. The zero-order chi connectivity index (χ0) is 13.8. The quantitative estimate of drug-likeness (QED) is 0.413. The van der Waals surface area contributed by atoms with Gasteiger partial charge < -0.3 is 0 Å². The summed E-state index contributed by atoms with van der Waals surface area (Å²) < 4.78 is 37.5. The Morgan fingerprint density at radius 3 is 2.50 bits per heavy atom. The topological polar surface area (TPSA) is 17.1 Å². The summed E-state index contributed by atoms with van der Waals surface area (Å²) in [6.07, 6.45) is -2.85. The van der Waals surface area contributed by atoms with Crippen molar-refractivity contribution in [3.05, 3.63) is 34.3 Å². The molecule has 0 atom stereocenters. The van der Waals surface area contributed by atoms with Crippen LogP contribution in [0.15, 0.2) is 18.2 Å². The van der Waals surface area contributed by atoms with Crippen molar-refractivity contribution < 1.29 is 18.0 Å². The molecule has 0 amide bonds. The molecule has 1 aromatic rings. The van der Waals surface area contributed by atoms with Crippen LogP contribution >= 0.6 is 27.5 Å². The van der Waals surface area contributed by atoms with Crippen molar-refractivity contribution in [1.82, 2.24) is 0 Å². The average Bonchev–Trinajstić information content (AvgIpc) is 2.28. The molecule has 0 aliphatic carbocycles. The normalized spacial score (nSPS) is 11.6. The molecular weight excluding hydrogens is 332 g/mol. The fourth-order valence-electron chi connectivity index (χ4n) is 1.43. The average molecular weight is 344 g/mol. The van der Waals surface area contributed by atoms with Gasteiger partial charge in [0, 0.05) is 17.3 Å². The van der Waals surface area contributed by atoms with Crippen molar-refractivity contribution in [1.29, 1.82) is 0 Å². The van der Waals surface area contributed by atoms with Gasteiger partial charge in [-0.3, -0.25) is 4.79 Å². The Bertz CT molecular complexity index is 432. The molecule has 0 aliphatic heterocycles. The Hall–Kier alpha value is -0.550. The highest BCUT2D eigenvalue weighted by Gasteiger charge is 2.31. The highest BCUT2D eigenvalue weighted by atomic mass is 79.9. The van der Waals surface area contributed by atoms with E-state index in [2.05, 4.69) is 15.9 Å². The molecule has 0 radical (unpaired) electrons. The minimum atomic E-state index is -4.46. The zero-order valence-electron chi connectivity index (χ0n) is 9.36. The molecule has 6 heteroatoms. The molecule has 0 N–H and O–H groups in total. The molecular formula is C12H11BrClF3O. The number of hydrogen-bond donors (Lipinski definition) is 0. The number of rotatable bonds is 5. The summed E-state index contributed by atoms with van der Waals surface area (Å²) in [7, 11) is 0. The molecule has 0 aliphatic rings. The molecule has 0 bridgehead atoms. The Balaban J connectivity index is 2.90. The molecule has 0 heterocycles. The van der Waals surface area contributed by atoms with Crippen LogP contribution < -0.4 is 0 Å². The first kappa shape index (κ1) is 15.5. The number of unbranched alkanes of at least 4 members (excludes halogenated alkanes) is 1. The molecule has 1 nitrogen and oxygen atoms in total. The maximum absolute atomic E-state index is 12.5. The summed E-state index contributed by atoms with van der Waals surface area (Å²) in [6.45, 7) is 0. The summed E-state index contributed by atoms with van der Waals surface area (Å²) in [5.41, 5.74) is -0.906. The van der Waals surface area contributed by atoms with E-state index >= 15 is 0 Å². The van der Waals surface area contributed by atoms with Gasteiger partial charge in [0.1, 0.15) is 0 Å². The van der Waals surface area contributed by atoms with Gasteiger partial charge >= 0.3 is 6.18 Å². The number of alkyl halides is 4. The Labute approximate surface area is 116 Å². The van der Waals surface area contributed by atoms with E-state index in [0.29, 0.717) is 6.42 Å². The molecule has 0 saturated heterocycles. The Morgan fingerprint density at radius 2 is 1.94 bits per heavy atom. The molecule has 0 fully saturated rings. The second kappa shape index (κ2) is 6.57. The van der Waals surface area contributed by atoms with Gasteiger partial charge in [0.05, 0.1) is 10.6 Å². The van der Waals surface area contributed by atoms with E-state index in [1.54, 1.807) is 0 Å². The van der Waals surface area contributed by atoms with Crippen molar-refractivity contribution >= 4 is 33.3 Å². The van der Waals surface area contributed by atoms with Crippen LogP contribution in [0.4, 0.5) is 13.2 Å². The van der Waals surface area contributed by atoms with Gasteiger partial charge in [0.2, 0.25) is 0 Å². The number of carbonyl (C=O) groups excluding carboxylic acids is 1. The van der Waals surface area contributed by atoms with Crippen LogP contribution in [0.2, 0.25) is 5.02 Å². The Kier molecular flexibility index (Phi) is 5.66. The number of ketones is 1. The summed E-state index contributed by atoms with van der Waals surface area (Å²) in [4.78, 5) is 11.8. The van der Waals surface area contributed by atoms with Gasteiger partial charge in [-0.05, 0) is 31.0 Å². The fraction of sp³-hybridized carbons (Fsp3) is 0.417. The third-order valence-electron chi connectivity index (χ3n) is 2.38. The van der Waals surface area contributed by atoms with Crippen LogP contribution in [-0.4, -0.2) is 11.1 Å². The van der Waals surface area contributed by atoms with E-state index < -0.39 is 11.7 Å². The van der Waals surface area contributed by atoms with Crippen LogP contribution in [0.3, 0.4) is 0 Å². The highest BCUT2D eigenvalue weighted by molar-refractivity contribution is 9.09. The van der Waals surface area contributed by atoms with Crippen molar-refractivity contribution in [3.63, 3.8) is 0 Å². The first-order chi connectivity index (χ1) is 8.36. The first-order valence-corrected chi connectivity index (χ1v) is 6.82. The first-order valence-electron chi connectivity index (χ1n) is 5.32. The monoisotopic (exact) mass is 342 g/mol. The van der Waals surface area contributed by atoms with Gasteiger partial charge in [-0.25, -0.2) is 0 Å². The third kappa shape index (κ3) is 4.28. The fourth-order valence-corrected chi connectivity index (χ4v) is 2.05. The number of halogens is 5. The molecule has 100 valence electrons. The van der Waals surface area contributed by atoms with Crippen molar-refractivity contribution in [3.8, 4) is 0 Å². The van der Waals surface area contributed by atoms with Crippen LogP contribution in [0, 0.1) is 0 Å². The lowest BCUT2D eigenvalue weighted by atomic mass is 10.0. The van der Waals surface area contributed by atoms with Crippen LogP contribution in [-0.2, 0) is 6.18 Å².